The number of hydrogen-bond donors (Lipinski definition) is 2. The molecule has 1 saturated carbocycles. The standard InChI is InChI=1S/C25H36N2O5/c1-4-6-17-13-18(7-8-21(17)29)23(30)26-12-11-25(3)10-9-19(15-25)24(31)27(5-2)22-14-20(28)16-32-22/h7-8,13,19,22,29H,4-6,9-12,14-16H2,1-3H3,(H,26,30)/t19-,22-,25+/m0/s1. The van der Waals surface area contributed by atoms with Crippen molar-refractivity contribution in [2.45, 2.75) is 71.9 Å². The quantitative estimate of drug-likeness (QED) is 0.608. The first kappa shape index (κ1) is 24.2. The average molecular weight is 445 g/mol. The lowest BCUT2D eigenvalue weighted by molar-refractivity contribution is -0.146. The van der Waals surface area contributed by atoms with E-state index in [0.717, 1.165) is 44.1 Å². The number of carbonyl (C=O) groups excluding carboxylic acids is 3. The Morgan fingerprint density at radius 3 is 2.75 bits per heavy atom. The first-order valence-corrected chi connectivity index (χ1v) is 11.8. The van der Waals surface area contributed by atoms with E-state index in [1.807, 2.05) is 13.8 Å². The number of rotatable bonds is 9. The molecule has 1 aliphatic carbocycles. The van der Waals surface area contributed by atoms with Crippen molar-refractivity contribution >= 4 is 17.6 Å². The second kappa shape index (κ2) is 10.5. The van der Waals surface area contributed by atoms with Crippen LogP contribution in [0, 0.1) is 11.3 Å². The Labute approximate surface area is 190 Å². The van der Waals surface area contributed by atoms with Gasteiger partial charge < -0.3 is 20.1 Å². The Hall–Kier alpha value is -2.41. The van der Waals surface area contributed by atoms with Gasteiger partial charge in [0.1, 0.15) is 18.6 Å². The van der Waals surface area contributed by atoms with Crippen molar-refractivity contribution in [1.82, 2.24) is 10.2 Å². The van der Waals surface area contributed by atoms with Gasteiger partial charge in [0.25, 0.3) is 5.91 Å². The smallest absolute Gasteiger partial charge is 0.251 e. The number of amides is 2. The summed E-state index contributed by atoms with van der Waals surface area (Å²) in [5.74, 6) is 0.141. The highest BCUT2D eigenvalue weighted by molar-refractivity contribution is 5.94. The minimum Gasteiger partial charge on any atom is -0.508 e. The highest BCUT2D eigenvalue weighted by Crippen LogP contribution is 2.44. The fourth-order valence-corrected chi connectivity index (χ4v) is 4.97. The molecule has 0 spiro atoms. The summed E-state index contributed by atoms with van der Waals surface area (Å²) in [6, 6.07) is 4.98. The highest BCUT2D eigenvalue weighted by atomic mass is 16.5. The summed E-state index contributed by atoms with van der Waals surface area (Å²) in [6.45, 7) is 7.30. The summed E-state index contributed by atoms with van der Waals surface area (Å²) in [5.41, 5.74) is 1.33. The molecule has 2 fully saturated rings. The van der Waals surface area contributed by atoms with E-state index in [-0.39, 0.29) is 47.7 Å². The second-order valence-corrected chi connectivity index (χ2v) is 9.48. The average Bonchev–Trinajstić information content (AvgIpc) is 3.36. The van der Waals surface area contributed by atoms with Gasteiger partial charge in [-0.3, -0.25) is 14.4 Å². The van der Waals surface area contributed by atoms with Crippen molar-refractivity contribution in [3.05, 3.63) is 29.3 Å². The van der Waals surface area contributed by atoms with Gasteiger partial charge in [-0.25, -0.2) is 0 Å². The third-order valence-corrected chi connectivity index (χ3v) is 6.87. The van der Waals surface area contributed by atoms with Crippen LogP contribution in [0.15, 0.2) is 18.2 Å². The normalized spacial score (nSPS) is 25.2. The lowest BCUT2D eigenvalue weighted by Gasteiger charge is -2.30. The van der Waals surface area contributed by atoms with Crippen LogP contribution < -0.4 is 5.32 Å². The Bertz CT molecular complexity index is 855. The summed E-state index contributed by atoms with van der Waals surface area (Å²) in [4.78, 5) is 38.9. The Kier molecular flexibility index (Phi) is 7.93. The number of aryl methyl sites for hydroxylation is 1. The zero-order valence-electron chi connectivity index (χ0n) is 19.5. The number of Topliss-reactive ketones (excluding diaryl/α,β-unsaturated/α-hetero) is 1. The van der Waals surface area contributed by atoms with Gasteiger partial charge in [0, 0.05) is 24.6 Å². The molecule has 32 heavy (non-hydrogen) atoms. The van der Waals surface area contributed by atoms with Crippen LogP contribution in [-0.4, -0.2) is 53.5 Å². The number of benzene rings is 1. The fraction of sp³-hybridized carbons (Fsp3) is 0.640. The van der Waals surface area contributed by atoms with Crippen molar-refractivity contribution in [1.29, 1.82) is 0 Å². The largest absolute Gasteiger partial charge is 0.508 e. The third-order valence-electron chi connectivity index (χ3n) is 6.87. The molecule has 0 radical (unpaired) electrons. The summed E-state index contributed by atoms with van der Waals surface area (Å²) in [5, 5.41) is 12.9. The van der Waals surface area contributed by atoms with E-state index in [0.29, 0.717) is 18.7 Å². The molecule has 7 heteroatoms. The summed E-state index contributed by atoms with van der Waals surface area (Å²) in [7, 11) is 0. The van der Waals surface area contributed by atoms with Crippen LogP contribution in [-0.2, 0) is 20.7 Å². The first-order valence-electron chi connectivity index (χ1n) is 11.8. The number of carbonyl (C=O) groups is 3. The number of nitrogens with zero attached hydrogens (tertiary/aromatic N) is 1. The minimum absolute atomic E-state index is 0.0122. The molecule has 3 rings (SSSR count). The number of nitrogens with one attached hydrogen (secondary N) is 1. The van der Waals surface area contributed by atoms with Gasteiger partial charge in [-0.2, -0.15) is 0 Å². The maximum absolute atomic E-state index is 13.1. The molecule has 1 saturated heterocycles. The second-order valence-electron chi connectivity index (χ2n) is 9.48. The van der Waals surface area contributed by atoms with Crippen molar-refractivity contribution in [3.63, 3.8) is 0 Å². The van der Waals surface area contributed by atoms with Crippen molar-refractivity contribution in [2.24, 2.45) is 11.3 Å². The first-order chi connectivity index (χ1) is 15.3. The lowest BCUT2D eigenvalue weighted by atomic mass is 9.84. The summed E-state index contributed by atoms with van der Waals surface area (Å²) < 4.78 is 5.51. The Morgan fingerprint density at radius 1 is 1.31 bits per heavy atom. The molecule has 3 atom stereocenters. The monoisotopic (exact) mass is 444 g/mol. The maximum atomic E-state index is 13.1. The van der Waals surface area contributed by atoms with E-state index in [1.54, 1.807) is 23.1 Å². The van der Waals surface area contributed by atoms with E-state index < -0.39 is 6.23 Å². The van der Waals surface area contributed by atoms with Crippen LogP contribution >= 0.6 is 0 Å². The molecule has 0 bridgehead atoms. The topological polar surface area (TPSA) is 95.9 Å². The number of phenols is 1. The SMILES string of the molecule is CCCc1cc(C(=O)NCC[C@@]2(C)CC[C@H](C(=O)N(CC)[C@@H]3CC(=O)CO3)C2)ccc1O. The molecule has 1 aromatic carbocycles. The van der Waals surface area contributed by atoms with Gasteiger partial charge >= 0.3 is 0 Å². The molecule has 176 valence electrons. The van der Waals surface area contributed by atoms with E-state index in [2.05, 4.69) is 12.2 Å². The van der Waals surface area contributed by atoms with Gasteiger partial charge in [0.2, 0.25) is 5.91 Å². The molecule has 7 nitrogen and oxygen atoms in total. The lowest BCUT2D eigenvalue weighted by Crippen LogP contribution is -2.43. The van der Waals surface area contributed by atoms with Crippen LogP contribution in [0.4, 0.5) is 0 Å². The van der Waals surface area contributed by atoms with E-state index in [1.165, 1.54) is 0 Å². The molecule has 1 aromatic rings. The summed E-state index contributed by atoms with van der Waals surface area (Å²) in [6.07, 6.45) is 4.82. The predicted molar refractivity (Wildman–Crippen MR) is 121 cm³/mol. The van der Waals surface area contributed by atoms with Crippen molar-refractivity contribution in [3.8, 4) is 5.75 Å². The molecule has 2 amide bonds. The maximum Gasteiger partial charge on any atom is 0.251 e. The summed E-state index contributed by atoms with van der Waals surface area (Å²) >= 11 is 0. The van der Waals surface area contributed by atoms with Crippen LogP contribution in [0.3, 0.4) is 0 Å². The van der Waals surface area contributed by atoms with Gasteiger partial charge in [0.15, 0.2) is 5.78 Å². The minimum atomic E-state index is -0.422. The van der Waals surface area contributed by atoms with Crippen LogP contribution in [0.25, 0.3) is 0 Å². The van der Waals surface area contributed by atoms with Gasteiger partial charge in [-0.05, 0) is 68.2 Å². The molecule has 2 aliphatic rings. The Morgan fingerprint density at radius 2 is 2.09 bits per heavy atom. The highest BCUT2D eigenvalue weighted by Gasteiger charge is 2.41. The van der Waals surface area contributed by atoms with E-state index >= 15 is 0 Å². The molecule has 0 unspecified atom stereocenters. The van der Waals surface area contributed by atoms with Crippen molar-refractivity contribution < 1.29 is 24.2 Å². The molecule has 0 aromatic heterocycles. The predicted octanol–water partition coefficient (Wildman–Crippen LogP) is 3.44. The zero-order valence-corrected chi connectivity index (χ0v) is 19.5. The van der Waals surface area contributed by atoms with Gasteiger partial charge in [0.05, 0.1) is 6.42 Å². The number of ether oxygens (including phenoxy) is 1. The number of hydrogen-bond acceptors (Lipinski definition) is 5. The van der Waals surface area contributed by atoms with Crippen LogP contribution in [0.5, 0.6) is 5.75 Å². The van der Waals surface area contributed by atoms with Crippen LogP contribution in [0.1, 0.15) is 75.2 Å². The molecule has 1 heterocycles. The number of aromatic hydroxyl groups is 1. The molecule has 2 N–H and O–H groups in total. The van der Waals surface area contributed by atoms with Crippen molar-refractivity contribution in [2.75, 3.05) is 19.7 Å². The fourth-order valence-electron chi connectivity index (χ4n) is 4.97. The number of phenolic OH excluding ortho intramolecular Hbond substituents is 1. The van der Waals surface area contributed by atoms with Crippen LogP contribution in [0.2, 0.25) is 0 Å². The van der Waals surface area contributed by atoms with E-state index in [9.17, 15) is 19.5 Å². The third kappa shape index (κ3) is 5.68. The zero-order chi connectivity index (χ0) is 23.3. The molecular weight excluding hydrogens is 408 g/mol. The molecular formula is C25H36N2O5. The van der Waals surface area contributed by atoms with Gasteiger partial charge in [-0.15, -0.1) is 0 Å². The molecule has 1 aliphatic heterocycles. The van der Waals surface area contributed by atoms with E-state index in [4.69, 9.17) is 4.74 Å². The number of ketones is 1. The Balaban J connectivity index is 1.51. The van der Waals surface area contributed by atoms with Gasteiger partial charge in [-0.1, -0.05) is 20.3 Å².